The summed E-state index contributed by atoms with van der Waals surface area (Å²) in [5.41, 5.74) is 9.85. The van der Waals surface area contributed by atoms with Crippen molar-refractivity contribution >= 4 is 61.4 Å². The van der Waals surface area contributed by atoms with E-state index in [-0.39, 0.29) is 17.9 Å². The molecular formula is C49H34N2O2. The molecule has 0 bridgehead atoms. The number of para-hydroxylation sites is 1. The maximum absolute atomic E-state index is 6.58. The van der Waals surface area contributed by atoms with Gasteiger partial charge in [0.15, 0.2) is 0 Å². The van der Waals surface area contributed by atoms with E-state index in [2.05, 4.69) is 158 Å². The Morgan fingerprint density at radius 1 is 0.660 bits per heavy atom. The predicted octanol–water partition coefficient (Wildman–Crippen LogP) is 12.1. The maximum atomic E-state index is 6.58. The highest BCUT2D eigenvalue weighted by Gasteiger charge is 2.37. The molecule has 3 heterocycles. The van der Waals surface area contributed by atoms with Gasteiger partial charge in [-0.1, -0.05) is 127 Å². The molecule has 2 aliphatic carbocycles. The predicted molar refractivity (Wildman–Crippen MR) is 218 cm³/mol. The van der Waals surface area contributed by atoms with Gasteiger partial charge in [0.05, 0.1) is 23.2 Å². The molecule has 3 atom stereocenters. The lowest BCUT2D eigenvalue weighted by atomic mass is 9.80. The van der Waals surface area contributed by atoms with Crippen LogP contribution in [0.25, 0.3) is 49.9 Å². The van der Waals surface area contributed by atoms with Crippen molar-refractivity contribution in [2.24, 2.45) is 9.98 Å². The fourth-order valence-corrected chi connectivity index (χ4v) is 8.73. The number of furan rings is 1. The summed E-state index contributed by atoms with van der Waals surface area (Å²) in [4.78, 5) is 10.9. The van der Waals surface area contributed by atoms with Crippen molar-refractivity contribution in [3.05, 3.63) is 191 Å². The van der Waals surface area contributed by atoms with Crippen molar-refractivity contribution in [1.29, 1.82) is 0 Å². The fraction of sp³-hybridized carbons (Fsp3) is 0.102. The van der Waals surface area contributed by atoms with Gasteiger partial charge in [0, 0.05) is 28.5 Å². The number of hydrogen-bond acceptors (Lipinski definition) is 4. The summed E-state index contributed by atoms with van der Waals surface area (Å²) in [5, 5.41) is 6.04. The van der Waals surface area contributed by atoms with E-state index >= 15 is 0 Å². The van der Waals surface area contributed by atoms with Crippen LogP contribution < -0.4 is 4.74 Å². The van der Waals surface area contributed by atoms with E-state index in [0.717, 1.165) is 62.8 Å². The molecule has 0 N–H and O–H groups in total. The van der Waals surface area contributed by atoms with E-state index in [0.29, 0.717) is 6.42 Å². The van der Waals surface area contributed by atoms with Gasteiger partial charge in [-0.05, 0) is 81.1 Å². The third-order valence-corrected chi connectivity index (χ3v) is 11.3. The van der Waals surface area contributed by atoms with Gasteiger partial charge in [-0.2, -0.15) is 0 Å². The molecule has 3 unspecified atom stereocenters. The molecule has 7 aromatic rings. The van der Waals surface area contributed by atoms with Gasteiger partial charge in [0.1, 0.15) is 29.0 Å². The molecule has 0 fully saturated rings. The zero-order valence-electron chi connectivity index (χ0n) is 28.9. The number of nitrogens with zero attached hydrogens (tertiary/aromatic N) is 2. The van der Waals surface area contributed by atoms with Gasteiger partial charge in [-0.15, -0.1) is 0 Å². The maximum Gasteiger partial charge on any atom is 0.137 e. The minimum absolute atomic E-state index is 0.0126. The second kappa shape index (κ2) is 12.0. The van der Waals surface area contributed by atoms with Crippen LogP contribution in [-0.2, 0) is 0 Å². The number of hydrogen-bond donors (Lipinski definition) is 0. The van der Waals surface area contributed by atoms with Gasteiger partial charge in [-0.25, -0.2) is 9.98 Å². The Kier molecular flexibility index (Phi) is 6.84. The largest absolute Gasteiger partial charge is 0.485 e. The van der Waals surface area contributed by atoms with Gasteiger partial charge < -0.3 is 9.15 Å². The third kappa shape index (κ3) is 4.97. The Hall–Kier alpha value is -6.52. The molecule has 4 heteroatoms. The fourth-order valence-electron chi connectivity index (χ4n) is 8.73. The van der Waals surface area contributed by atoms with E-state index in [1.807, 2.05) is 6.07 Å². The minimum atomic E-state index is -0.0866. The topological polar surface area (TPSA) is 47.1 Å². The molecule has 11 rings (SSSR count). The number of benzene rings is 6. The Labute approximate surface area is 307 Å². The average Bonchev–Trinajstić information content (AvgIpc) is 3.71. The lowest BCUT2D eigenvalue weighted by Crippen LogP contribution is -2.19. The third-order valence-electron chi connectivity index (χ3n) is 11.3. The lowest BCUT2D eigenvalue weighted by molar-refractivity contribution is 0.271. The first-order chi connectivity index (χ1) is 26.2. The molecule has 4 nitrogen and oxygen atoms in total. The van der Waals surface area contributed by atoms with E-state index in [9.17, 15) is 0 Å². The van der Waals surface area contributed by atoms with Crippen molar-refractivity contribution in [3.8, 4) is 5.75 Å². The molecule has 0 saturated heterocycles. The van der Waals surface area contributed by atoms with Crippen LogP contribution in [0, 0.1) is 0 Å². The van der Waals surface area contributed by atoms with Gasteiger partial charge in [0.2, 0.25) is 0 Å². The van der Waals surface area contributed by atoms with E-state index in [1.165, 1.54) is 38.2 Å². The smallest absolute Gasteiger partial charge is 0.137 e. The number of ether oxygens (including phenoxy) is 1. The number of fused-ring (bicyclic) bond motifs is 9. The van der Waals surface area contributed by atoms with Crippen LogP contribution in [0.3, 0.4) is 0 Å². The van der Waals surface area contributed by atoms with Gasteiger partial charge >= 0.3 is 0 Å². The average molecular weight is 683 g/mol. The normalized spacial score (nSPS) is 20.2. The summed E-state index contributed by atoms with van der Waals surface area (Å²) in [6.45, 7) is 0. The Bertz CT molecular complexity index is 2830. The quantitative estimate of drug-likeness (QED) is 0.174. The Morgan fingerprint density at radius 2 is 1.45 bits per heavy atom. The van der Waals surface area contributed by atoms with E-state index in [4.69, 9.17) is 19.1 Å². The Balaban J connectivity index is 1.05. The molecule has 6 aromatic carbocycles. The molecule has 0 spiro atoms. The number of aliphatic imine (C=N–C) groups is 2. The number of amidine groups is 1. The van der Waals surface area contributed by atoms with Crippen LogP contribution in [0.2, 0.25) is 0 Å². The summed E-state index contributed by atoms with van der Waals surface area (Å²) in [7, 11) is 0. The van der Waals surface area contributed by atoms with E-state index < -0.39 is 0 Å². The molecule has 252 valence electrons. The monoisotopic (exact) mass is 682 g/mol. The van der Waals surface area contributed by atoms with Crippen molar-refractivity contribution < 1.29 is 9.15 Å². The highest BCUT2D eigenvalue weighted by atomic mass is 16.5. The minimum Gasteiger partial charge on any atom is -0.485 e. The van der Waals surface area contributed by atoms with Crippen LogP contribution in [0.4, 0.5) is 0 Å². The van der Waals surface area contributed by atoms with Crippen LogP contribution >= 0.6 is 0 Å². The highest BCUT2D eigenvalue weighted by molar-refractivity contribution is 6.14. The molecular weight excluding hydrogens is 649 g/mol. The van der Waals surface area contributed by atoms with Crippen molar-refractivity contribution in [1.82, 2.24) is 0 Å². The molecule has 4 aliphatic rings. The summed E-state index contributed by atoms with van der Waals surface area (Å²) in [6.07, 6.45) is 14.6. The molecule has 0 saturated carbocycles. The standard InChI is InChI=1S/C49H34N2O2/c1-2-11-32(12-3-1)41-25-26-42(34-23-22-31-21-20-30-10-4-5-13-35(30)39(31)29-34)51-49(50-41)38-16-9-19-46-48(38)40-28-33(24-27-44(40)53-46)36-15-8-18-45-47(36)37-14-6-7-17-43(37)52-45/h1-15,17-24,26-29,38,45,47H,16,25H2. The summed E-state index contributed by atoms with van der Waals surface area (Å²) in [5.74, 6) is 2.71. The van der Waals surface area contributed by atoms with E-state index in [1.54, 1.807) is 0 Å². The van der Waals surface area contributed by atoms with Gasteiger partial charge in [0.25, 0.3) is 0 Å². The number of rotatable bonds is 4. The Morgan fingerprint density at radius 3 is 2.40 bits per heavy atom. The summed E-state index contributed by atoms with van der Waals surface area (Å²) >= 11 is 0. The first-order valence-electron chi connectivity index (χ1n) is 18.5. The zero-order valence-corrected chi connectivity index (χ0v) is 28.9. The van der Waals surface area contributed by atoms with Crippen LogP contribution in [-0.4, -0.2) is 17.7 Å². The van der Waals surface area contributed by atoms with Crippen LogP contribution in [0.15, 0.2) is 172 Å². The highest BCUT2D eigenvalue weighted by Crippen LogP contribution is 2.49. The SMILES string of the molecule is C1=CC2Oc3ccccc3C2C(c2ccc3oc4c(c3c2)C(C2=NC(c3ccc5ccc6ccccc6c5c3)=CCC(c3ccccc3)=N2)CC=C4)=C1. The van der Waals surface area contributed by atoms with Crippen LogP contribution in [0.5, 0.6) is 5.75 Å². The lowest BCUT2D eigenvalue weighted by Gasteiger charge is -2.23. The molecule has 53 heavy (non-hydrogen) atoms. The molecule has 2 aliphatic heterocycles. The molecule has 1 aromatic heterocycles. The van der Waals surface area contributed by atoms with Crippen molar-refractivity contribution in [2.75, 3.05) is 0 Å². The number of allylic oxidation sites excluding steroid dienone is 4. The first-order valence-corrected chi connectivity index (χ1v) is 18.5. The second-order valence-electron chi connectivity index (χ2n) is 14.3. The molecule has 0 radical (unpaired) electrons. The van der Waals surface area contributed by atoms with Crippen molar-refractivity contribution in [2.45, 2.75) is 30.8 Å². The van der Waals surface area contributed by atoms with Crippen LogP contribution in [0.1, 0.15) is 58.3 Å². The summed E-state index contributed by atoms with van der Waals surface area (Å²) in [6, 6.07) is 45.3. The zero-order chi connectivity index (χ0) is 34.9. The molecule has 0 amide bonds. The summed E-state index contributed by atoms with van der Waals surface area (Å²) < 4.78 is 13.0. The van der Waals surface area contributed by atoms with Gasteiger partial charge in [-0.3, -0.25) is 0 Å². The second-order valence-corrected chi connectivity index (χ2v) is 14.3. The van der Waals surface area contributed by atoms with Crippen molar-refractivity contribution in [3.63, 3.8) is 0 Å². The first kappa shape index (κ1) is 30.1.